The maximum atomic E-state index is 4.82. The Labute approximate surface area is 190 Å². The summed E-state index contributed by atoms with van der Waals surface area (Å²) in [5.74, 6) is 2.28. The van der Waals surface area contributed by atoms with Crippen LogP contribution in [0.4, 0.5) is 17.6 Å². The molecule has 0 spiro atoms. The highest BCUT2D eigenvalue weighted by Crippen LogP contribution is 2.34. The number of thiazole rings is 1. The topological polar surface area (TPSA) is 83.0 Å². The Balaban J connectivity index is 1.28. The number of nitrogens with one attached hydrogen (secondary N) is 1. The molecule has 2 fully saturated rings. The summed E-state index contributed by atoms with van der Waals surface area (Å²) >= 11 is 1.61. The first-order valence-corrected chi connectivity index (χ1v) is 11.6. The molecule has 162 valence electrons. The van der Waals surface area contributed by atoms with Gasteiger partial charge in [-0.15, -0.1) is 11.3 Å². The number of rotatable bonds is 4. The molecule has 0 aromatic carbocycles. The normalized spacial score (nSPS) is 20.4. The van der Waals surface area contributed by atoms with Gasteiger partial charge in [0.05, 0.1) is 10.2 Å². The molecule has 4 aromatic rings. The van der Waals surface area contributed by atoms with Crippen molar-refractivity contribution in [3.8, 4) is 10.7 Å². The highest BCUT2D eigenvalue weighted by molar-refractivity contribution is 7.21. The second kappa shape index (κ2) is 7.46. The summed E-state index contributed by atoms with van der Waals surface area (Å²) in [4.78, 5) is 28.2. The van der Waals surface area contributed by atoms with Crippen molar-refractivity contribution in [3.05, 3.63) is 47.9 Å². The number of likely N-dealkylation sites (N-methyl/N-ethyl adjacent to an activating group) is 1. The van der Waals surface area contributed by atoms with E-state index in [1.54, 1.807) is 17.5 Å². The van der Waals surface area contributed by atoms with Gasteiger partial charge in [-0.1, -0.05) is 6.07 Å². The number of pyridine rings is 2. The van der Waals surface area contributed by atoms with E-state index in [0.717, 1.165) is 62.8 Å². The molecule has 0 amide bonds. The molecule has 2 bridgehead atoms. The van der Waals surface area contributed by atoms with Crippen molar-refractivity contribution in [2.45, 2.75) is 32.4 Å². The van der Waals surface area contributed by atoms with Gasteiger partial charge in [0.25, 0.3) is 0 Å². The first kappa shape index (κ1) is 19.5. The third-order valence-corrected chi connectivity index (χ3v) is 7.37. The lowest BCUT2D eigenvalue weighted by Crippen LogP contribution is -2.45. The molecular weight excluding hydrogens is 420 g/mol. The molecule has 6 heterocycles. The van der Waals surface area contributed by atoms with Crippen molar-refractivity contribution in [3.63, 3.8) is 0 Å². The van der Waals surface area contributed by atoms with Crippen LogP contribution in [-0.2, 0) is 0 Å². The van der Waals surface area contributed by atoms with Gasteiger partial charge in [0, 0.05) is 55.4 Å². The lowest BCUT2D eigenvalue weighted by Gasteiger charge is -2.32. The van der Waals surface area contributed by atoms with Crippen LogP contribution in [0.3, 0.4) is 0 Å². The zero-order valence-corrected chi connectivity index (χ0v) is 19.1. The van der Waals surface area contributed by atoms with E-state index < -0.39 is 0 Å². The first-order valence-electron chi connectivity index (χ1n) is 10.8. The smallest absolute Gasteiger partial charge is 0.227 e. The summed E-state index contributed by atoms with van der Waals surface area (Å²) < 4.78 is 1.03. The zero-order valence-electron chi connectivity index (χ0n) is 18.3. The molecule has 9 heteroatoms. The minimum absolute atomic E-state index is 0.498. The molecule has 32 heavy (non-hydrogen) atoms. The Hall–Kier alpha value is -3.17. The van der Waals surface area contributed by atoms with Gasteiger partial charge in [0.2, 0.25) is 5.95 Å². The summed E-state index contributed by atoms with van der Waals surface area (Å²) in [5.41, 5.74) is 3.88. The maximum Gasteiger partial charge on any atom is 0.227 e. The summed E-state index contributed by atoms with van der Waals surface area (Å²) in [6.45, 7) is 6.13. The van der Waals surface area contributed by atoms with E-state index in [1.807, 2.05) is 31.3 Å². The monoisotopic (exact) mass is 444 g/mol. The number of anilines is 3. The molecule has 1 N–H and O–H groups in total. The molecule has 4 aromatic heterocycles. The molecule has 2 aliphatic rings. The fourth-order valence-electron chi connectivity index (χ4n) is 4.70. The van der Waals surface area contributed by atoms with Crippen LogP contribution in [0.5, 0.6) is 0 Å². The minimum atomic E-state index is 0.498. The third kappa shape index (κ3) is 3.37. The van der Waals surface area contributed by atoms with Crippen LogP contribution in [0.2, 0.25) is 0 Å². The molecule has 6 rings (SSSR count). The van der Waals surface area contributed by atoms with Crippen LogP contribution < -0.4 is 10.2 Å². The molecule has 2 saturated heterocycles. The fourth-order valence-corrected chi connectivity index (χ4v) is 5.68. The van der Waals surface area contributed by atoms with Gasteiger partial charge in [-0.25, -0.2) is 15.0 Å². The van der Waals surface area contributed by atoms with Crippen molar-refractivity contribution >= 4 is 39.1 Å². The predicted molar refractivity (Wildman–Crippen MR) is 128 cm³/mol. The lowest BCUT2D eigenvalue weighted by atomic mass is 10.2. The van der Waals surface area contributed by atoms with Gasteiger partial charge in [-0.2, -0.15) is 4.98 Å². The van der Waals surface area contributed by atoms with Gasteiger partial charge in [0.1, 0.15) is 22.3 Å². The lowest BCUT2D eigenvalue weighted by molar-refractivity contribution is 0.291. The molecule has 2 atom stereocenters. The Bertz CT molecular complexity index is 1320. The largest absolute Gasteiger partial charge is 0.335 e. The summed E-state index contributed by atoms with van der Waals surface area (Å²) in [6.07, 6.45) is 4.86. The van der Waals surface area contributed by atoms with Crippen LogP contribution in [0.25, 0.3) is 20.9 Å². The van der Waals surface area contributed by atoms with Crippen LogP contribution in [0, 0.1) is 13.8 Å². The van der Waals surface area contributed by atoms with Crippen molar-refractivity contribution in [2.24, 2.45) is 0 Å². The number of piperazine rings is 1. The van der Waals surface area contributed by atoms with Gasteiger partial charge in [0.15, 0.2) is 0 Å². The highest BCUT2D eigenvalue weighted by atomic mass is 32.1. The van der Waals surface area contributed by atoms with E-state index in [4.69, 9.17) is 15.0 Å². The number of fused-ring (bicyclic) bond motifs is 3. The SMILES string of the molecule is Cc1cc(Nc2cc3nc(-c4ncccc4C)sc3cn2)nc(N2C[C@@H]3C[C@H]2CN3C)n1. The van der Waals surface area contributed by atoms with E-state index in [2.05, 4.69) is 45.1 Å². The summed E-state index contributed by atoms with van der Waals surface area (Å²) in [7, 11) is 2.20. The van der Waals surface area contributed by atoms with E-state index in [9.17, 15) is 0 Å². The summed E-state index contributed by atoms with van der Waals surface area (Å²) in [6, 6.07) is 9.03. The van der Waals surface area contributed by atoms with E-state index in [1.165, 1.54) is 6.42 Å². The van der Waals surface area contributed by atoms with Gasteiger partial charge in [-0.3, -0.25) is 9.88 Å². The molecule has 2 aliphatic heterocycles. The molecule has 0 unspecified atom stereocenters. The second-order valence-electron chi connectivity index (χ2n) is 8.68. The van der Waals surface area contributed by atoms with Crippen LogP contribution in [0.15, 0.2) is 36.7 Å². The number of aryl methyl sites for hydroxylation is 2. The number of nitrogens with zero attached hydrogens (tertiary/aromatic N) is 7. The standard InChI is InChI=1S/C23H24N8S/c1-13-5-4-6-24-21(13)22-27-17-9-19(25-10-18(17)32-22)28-20-7-14(2)26-23(29-20)31-12-15-8-16(31)11-30(15)3/h4-7,9-10,15-16H,8,11-12H2,1-3H3,(H,25,26,28,29)/t15-,16-/m0/s1. The van der Waals surface area contributed by atoms with Crippen molar-refractivity contribution < 1.29 is 0 Å². The van der Waals surface area contributed by atoms with Crippen LogP contribution in [0.1, 0.15) is 17.7 Å². The molecule has 0 radical (unpaired) electrons. The molecule has 0 saturated carbocycles. The van der Waals surface area contributed by atoms with Crippen molar-refractivity contribution in [1.29, 1.82) is 0 Å². The van der Waals surface area contributed by atoms with Gasteiger partial charge in [-0.05, 0) is 38.9 Å². The zero-order chi connectivity index (χ0) is 21.8. The maximum absolute atomic E-state index is 4.82. The Morgan fingerprint density at radius 3 is 2.72 bits per heavy atom. The quantitative estimate of drug-likeness (QED) is 0.509. The predicted octanol–water partition coefficient (Wildman–Crippen LogP) is 3.80. The number of hydrogen-bond donors (Lipinski definition) is 1. The molecule has 0 aliphatic carbocycles. The first-order chi connectivity index (χ1) is 15.5. The van der Waals surface area contributed by atoms with E-state index >= 15 is 0 Å². The second-order valence-corrected chi connectivity index (χ2v) is 9.71. The van der Waals surface area contributed by atoms with E-state index in [-0.39, 0.29) is 0 Å². The Morgan fingerprint density at radius 2 is 1.94 bits per heavy atom. The number of aromatic nitrogens is 5. The van der Waals surface area contributed by atoms with Gasteiger partial charge >= 0.3 is 0 Å². The van der Waals surface area contributed by atoms with Crippen molar-refractivity contribution in [2.75, 3.05) is 30.4 Å². The third-order valence-electron chi connectivity index (χ3n) is 6.36. The van der Waals surface area contributed by atoms with Crippen LogP contribution in [-0.4, -0.2) is 62.0 Å². The summed E-state index contributed by atoms with van der Waals surface area (Å²) in [5, 5.41) is 4.27. The average molecular weight is 445 g/mol. The number of hydrogen-bond acceptors (Lipinski definition) is 9. The Kier molecular flexibility index (Phi) is 4.55. The average Bonchev–Trinajstić information content (AvgIpc) is 3.47. The van der Waals surface area contributed by atoms with Gasteiger partial charge < -0.3 is 10.2 Å². The highest BCUT2D eigenvalue weighted by Gasteiger charge is 2.42. The van der Waals surface area contributed by atoms with Crippen molar-refractivity contribution in [1.82, 2.24) is 29.8 Å². The van der Waals surface area contributed by atoms with E-state index in [0.29, 0.717) is 12.1 Å². The fraction of sp³-hybridized carbons (Fsp3) is 0.348. The molecule has 8 nitrogen and oxygen atoms in total. The Morgan fingerprint density at radius 1 is 1.03 bits per heavy atom. The number of likely N-dealkylation sites (tertiary alicyclic amines) is 1. The molecular formula is C23H24N8S. The minimum Gasteiger partial charge on any atom is -0.335 e. The van der Waals surface area contributed by atoms with Crippen LogP contribution >= 0.6 is 11.3 Å².